The maximum atomic E-state index is 5.22. The smallest absolute Gasteiger partial charge is 0.161 e. The first kappa shape index (κ1) is 26.9. The van der Waals surface area contributed by atoms with Crippen LogP contribution < -0.4 is 0 Å². The number of nitrogens with zero attached hydrogens (tertiary/aromatic N) is 3. The first-order valence-electron chi connectivity index (χ1n) is 15.4. The summed E-state index contributed by atoms with van der Waals surface area (Å²) >= 11 is 0. The van der Waals surface area contributed by atoms with Crippen molar-refractivity contribution >= 4 is 0 Å². The molecule has 1 aliphatic rings. The Balaban J connectivity index is 1.31. The van der Waals surface area contributed by atoms with Crippen molar-refractivity contribution in [2.75, 3.05) is 0 Å². The zero-order valence-electron chi connectivity index (χ0n) is 25.3. The van der Waals surface area contributed by atoms with Crippen LogP contribution in [0.1, 0.15) is 25.0 Å². The Labute approximate surface area is 264 Å². The predicted octanol–water partition coefficient (Wildman–Crippen LogP) is 10.5. The topological polar surface area (TPSA) is 38.7 Å². The summed E-state index contributed by atoms with van der Waals surface area (Å²) in [4.78, 5) is 15.0. The SMILES string of the molecule is CC1(C)c2ccccc2-c2c(-c3cnccc3-c3nc(-c4ccccc4)cc(-c4ccc(-c5ccccc5)cc4)n3)cccc21. The fourth-order valence-electron chi connectivity index (χ4n) is 6.72. The lowest BCUT2D eigenvalue weighted by atomic mass is 9.82. The Hall–Kier alpha value is -5.67. The Kier molecular flexibility index (Phi) is 6.46. The predicted molar refractivity (Wildman–Crippen MR) is 185 cm³/mol. The molecule has 0 aliphatic heterocycles. The van der Waals surface area contributed by atoms with Crippen molar-refractivity contribution in [2.24, 2.45) is 0 Å². The van der Waals surface area contributed by atoms with Crippen molar-refractivity contribution in [3.05, 3.63) is 163 Å². The average molecular weight is 578 g/mol. The monoisotopic (exact) mass is 577 g/mol. The van der Waals surface area contributed by atoms with Gasteiger partial charge in [0.25, 0.3) is 0 Å². The van der Waals surface area contributed by atoms with Gasteiger partial charge < -0.3 is 0 Å². The third-order valence-corrected chi connectivity index (χ3v) is 9.04. The van der Waals surface area contributed by atoms with Crippen molar-refractivity contribution in [3.8, 4) is 67.3 Å². The highest BCUT2D eigenvalue weighted by Gasteiger charge is 2.36. The van der Waals surface area contributed by atoms with E-state index in [1.165, 1.54) is 33.4 Å². The Morgan fingerprint density at radius 2 is 1.00 bits per heavy atom. The highest BCUT2D eigenvalue weighted by molar-refractivity contribution is 5.96. The molecular weight excluding hydrogens is 546 g/mol. The van der Waals surface area contributed by atoms with Crippen molar-refractivity contribution in [1.82, 2.24) is 15.0 Å². The molecule has 2 heterocycles. The van der Waals surface area contributed by atoms with Crippen molar-refractivity contribution in [3.63, 3.8) is 0 Å². The highest BCUT2D eigenvalue weighted by Crippen LogP contribution is 2.52. The molecule has 0 radical (unpaired) electrons. The summed E-state index contributed by atoms with van der Waals surface area (Å²) in [5.74, 6) is 0.680. The number of hydrogen-bond donors (Lipinski definition) is 0. The second-order valence-electron chi connectivity index (χ2n) is 12.1. The van der Waals surface area contributed by atoms with Gasteiger partial charge in [-0.1, -0.05) is 141 Å². The molecule has 0 atom stereocenters. The molecule has 0 unspecified atom stereocenters. The molecule has 0 saturated heterocycles. The van der Waals surface area contributed by atoms with E-state index in [2.05, 4.69) is 140 Å². The molecule has 0 N–H and O–H groups in total. The van der Waals surface area contributed by atoms with E-state index < -0.39 is 0 Å². The number of pyridine rings is 1. The molecule has 0 spiro atoms. The van der Waals surface area contributed by atoms with Crippen LogP contribution in [-0.2, 0) is 5.41 Å². The Morgan fingerprint density at radius 3 is 1.73 bits per heavy atom. The van der Waals surface area contributed by atoms with E-state index in [-0.39, 0.29) is 5.41 Å². The van der Waals surface area contributed by atoms with Crippen molar-refractivity contribution in [1.29, 1.82) is 0 Å². The lowest BCUT2D eigenvalue weighted by Crippen LogP contribution is -2.14. The molecule has 0 amide bonds. The summed E-state index contributed by atoms with van der Waals surface area (Å²) in [5, 5.41) is 0. The fourth-order valence-corrected chi connectivity index (χ4v) is 6.72. The minimum absolute atomic E-state index is 0.0902. The van der Waals surface area contributed by atoms with Gasteiger partial charge in [-0.3, -0.25) is 4.98 Å². The first-order chi connectivity index (χ1) is 22.1. The summed E-state index contributed by atoms with van der Waals surface area (Å²) < 4.78 is 0. The van der Waals surface area contributed by atoms with Gasteiger partial charge in [0.15, 0.2) is 5.82 Å². The lowest BCUT2D eigenvalue weighted by molar-refractivity contribution is 0.660. The summed E-state index contributed by atoms with van der Waals surface area (Å²) in [6.07, 6.45) is 3.80. The van der Waals surface area contributed by atoms with Gasteiger partial charge in [-0.15, -0.1) is 0 Å². The van der Waals surface area contributed by atoms with E-state index in [1.54, 1.807) is 0 Å². The molecule has 0 fully saturated rings. The minimum atomic E-state index is -0.0902. The number of hydrogen-bond acceptors (Lipinski definition) is 3. The van der Waals surface area contributed by atoms with Crippen LogP contribution in [0.4, 0.5) is 0 Å². The third kappa shape index (κ3) is 4.65. The lowest BCUT2D eigenvalue weighted by Gasteiger charge is -2.21. The average Bonchev–Trinajstić information content (AvgIpc) is 3.35. The standard InChI is InChI=1S/C42H31N3/c1-42(2)36-18-10-9-16-34(36)40-32(17-11-19-37(40)42)35-27-43-25-24-33(35)41-44-38(30-14-7-4-8-15-30)26-39(45-41)31-22-20-29(21-23-31)28-12-5-3-6-13-28/h3-27H,1-2H3. The van der Waals surface area contributed by atoms with Crippen molar-refractivity contribution in [2.45, 2.75) is 19.3 Å². The number of fused-ring (bicyclic) bond motifs is 3. The van der Waals surface area contributed by atoms with Gasteiger partial charge in [0.1, 0.15) is 0 Å². The second kappa shape index (κ2) is 10.8. The quantitative estimate of drug-likeness (QED) is 0.204. The van der Waals surface area contributed by atoms with E-state index in [0.717, 1.165) is 39.2 Å². The van der Waals surface area contributed by atoms with Crippen LogP contribution in [0.3, 0.4) is 0 Å². The van der Waals surface area contributed by atoms with Crippen molar-refractivity contribution < 1.29 is 0 Å². The summed E-state index contributed by atoms with van der Waals surface area (Å²) in [6, 6.07) is 49.0. The van der Waals surface area contributed by atoms with E-state index in [1.807, 2.05) is 30.6 Å². The molecule has 2 aromatic heterocycles. The largest absolute Gasteiger partial charge is 0.264 e. The van der Waals surface area contributed by atoms with E-state index >= 15 is 0 Å². The number of rotatable bonds is 5. The molecule has 1 aliphatic carbocycles. The van der Waals surface area contributed by atoms with Crippen LogP contribution >= 0.6 is 0 Å². The van der Waals surface area contributed by atoms with Crippen LogP contribution in [0.5, 0.6) is 0 Å². The van der Waals surface area contributed by atoms with Crippen LogP contribution in [0, 0.1) is 0 Å². The summed E-state index contributed by atoms with van der Waals surface area (Å²) in [5.41, 5.74) is 14.5. The van der Waals surface area contributed by atoms with E-state index in [0.29, 0.717) is 5.82 Å². The van der Waals surface area contributed by atoms with E-state index in [9.17, 15) is 0 Å². The number of aromatic nitrogens is 3. The van der Waals surface area contributed by atoms with Gasteiger partial charge in [0, 0.05) is 40.1 Å². The molecule has 3 heteroatoms. The summed E-state index contributed by atoms with van der Waals surface area (Å²) in [6.45, 7) is 4.63. The molecule has 214 valence electrons. The second-order valence-corrected chi connectivity index (χ2v) is 12.1. The molecular formula is C42H31N3. The minimum Gasteiger partial charge on any atom is -0.264 e. The maximum absolute atomic E-state index is 5.22. The van der Waals surface area contributed by atoms with Crippen LogP contribution in [0.25, 0.3) is 67.3 Å². The molecule has 8 rings (SSSR count). The molecule has 7 aromatic rings. The zero-order chi connectivity index (χ0) is 30.4. The van der Waals surface area contributed by atoms with Gasteiger partial charge in [-0.2, -0.15) is 0 Å². The van der Waals surface area contributed by atoms with Gasteiger partial charge in [-0.05, 0) is 51.1 Å². The summed E-state index contributed by atoms with van der Waals surface area (Å²) in [7, 11) is 0. The molecule has 0 bridgehead atoms. The molecule has 0 saturated carbocycles. The van der Waals surface area contributed by atoms with Gasteiger partial charge >= 0.3 is 0 Å². The van der Waals surface area contributed by atoms with Crippen LogP contribution in [0.2, 0.25) is 0 Å². The van der Waals surface area contributed by atoms with Gasteiger partial charge in [0.2, 0.25) is 0 Å². The Bertz CT molecular complexity index is 2170. The molecule has 45 heavy (non-hydrogen) atoms. The van der Waals surface area contributed by atoms with Gasteiger partial charge in [-0.25, -0.2) is 9.97 Å². The first-order valence-corrected chi connectivity index (χ1v) is 15.4. The van der Waals surface area contributed by atoms with Crippen LogP contribution in [0.15, 0.2) is 152 Å². The maximum Gasteiger partial charge on any atom is 0.161 e. The number of benzene rings is 5. The third-order valence-electron chi connectivity index (χ3n) is 9.04. The normalized spacial score (nSPS) is 12.8. The molecule has 3 nitrogen and oxygen atoms in total. The zero-order valence-corrected chi connectivity index (χ0v) is 25.3. The fraction of sp³-hybridized carbons (Fsp3) is 0.0714. The van der Waals surface area contributed by atoms with E-state index in [4.69, 9.17) is 9.97 Å². The van der Waals surface area contributed by atoms with Crippen LogP contribution in [-0.4, -0.2) is 15.0 Å². The van der Waals surface area contributed by atoms with Gasteiger partial charge in [0.05, 0.1) is 11.4 Å². The highest BCUT2D eigenvalue weighted by atomic mass is 14.9. The Morgan fingerprint density at radius 1 is 0.444 bits per heavy atom. The molecule has 5 aromatic carbocycles.